The molecular weight excluding hydrogens is 264 g/mol. The fourth-order valence-corrected chi connectivity index (χ4v) is 2.00. The Labute approximate surface area is 131 Å². The predicted octanol–water partition coefficient (Wildman–Crippen LogP) is 1.95. The van der Waals surface area contributed by atoms with Gasteiger partial charge in [0, 0.05) is 46.9 Å². The number of nitrogens with zero attached hydrogens (tertiary/aromatic N) is 2. The highest BCUT2D eigenvalue weighted by atomic mass is 16.5. The van der Waals surface area contributed by atoms with Crippen molar-refractivity contribution in [2.24, 2.45) is 10.4 Å². The molecule has 0 fully saturated rings. The summed E-state index contributed by atoms with van der Waals surface area (Å²) in [5.41, 5.74) is 0.406. The van der Waals surface area contributed by atoms with Gasteiger partial charge in [-0.15, -0.1) is 0 Å². The van der Waals surface area contributed by atoms with Gasteiger partial charge in [0.2, 0.25) is 0 Å². The van der Waals surface area contributed by atoms with Crippen molar-refractivity contribution in [3.05, 3.63) is 0 Å². The average Bonchev–Trinajstić information content (AvgIpc) is 2.40. The Kier molecular flexibility index (Phi) is 11.4. The van der Waals surface area contributed by atoms with Crippen LogP contribution in [0.15, 0.2) is 4.99 Å². The molecule has 0 aromatic heterocycles. The van der Waals surface area contributed by atoms with Gasteiger partial charge in [-0.3, -0.25) is 4.99 Å². The van der Waals surface area contributed by atoms with E-state index in [0.29, 0.717) is 5.41 Å². The summed E-state index contributed by atoms with van der Waals surface area (Å²) in [5, 5.41) is 6.72. The molecule has 5 heteroatoms. The molecule has 0 aliphatic heterocycles. The molecule has 5 nitrogen and oxygen atoms in total. The Morgan fingerprint density at radius 3 is 2.33 bits per heavy atom. The van der Waals surface area contributed by atoms with Crippen molar-refractivity contribution < 1.29 is 4.74 Å². The summed E-state index contributed by atoms with van der Waals surface area (Å²) < 4.78 is 5.06. The second kappa shape index (κ2) is 11.8. The number of aliphatic imine (C=N–C) groups is 1. The molecule has 0 saturated heterocycles. The van der Waals surface area contributed by atoms with E-state index in [1.54, 1.807) is 7.11 Å². The summed E-state index contributed by atoms with van der Waals surface area (Å²) in [7, 11) is 5.70. The van der Waals surface area contributed by atoms with E-state index in [0.717, 1.165) is 45.2 Å². The molecule has 0 aliphatic carbocycles. The van der Waals surface area contributed by atoms with Gasteiger partial charge in [0.05, 0.1) is 0 Å². The second-order valence-corrected chi connectivity index (χ2v) is 6.74. The van der Waals surface area contributed by atoms with Gasteiger partial charge in [-0.1, -0.05) is 20.8 Å². The lowest BCUT2D eigenvalue weighted by atomic mass is 9.91. The molecule has 126 valence electrons. The van der Waals surface area contributed by atoms with Crippen molar-refractivity contribution in [1.82, 2.24) is 15.5 Å². The third kappa shape index (κ3) is 13.9. The Bertz CT molecular complexity index is 274. The highest BCUT2D eigenvalue weighted by Crippen LogP contribution is 2.19. The zero-order valence-electron chi connectivity index (χ0n) is 15.0. The Morgan fingerprint density at radius 1 is 1.10 bits per heavy atom. The van der Waals surface area contributed by atoms with E-state index in [9.17, 15) is 0 Å². The maximum absolute atomic E-state index is 5.06. The first-order valence-corrected chi connectivity index (χ1v) is 8.01. The average molecular weight is 300 g/mol. The van der Waals surface area contributed by atoms with Crippen LogP contribution in [-0.4, -0.2) is 64.9 Å². The Morgan fingerprint density at radius 2 is 1.76 bits per heavy atom. The zero-order valence-corrected chi connectivity index (χ0v) is 15.0. The maximum atomic E-state index is 5.06. The number of ether oxygens (including phenoxy) is 1. The van der Waals surface area contributed by atoms with Gasteiger partial charge in [-0.25, -0.2) is 0 Å². The summed E-state index contributed by atoms with van der Waals surface area (Å²) in [5.74, 6) is 0.897. The smallest absolute Gasteiger partial charge is 0.191 e. The number of hydrogen-bond donors (Lipinski definition) is 2. The van der Waals surface area contributed by atoms with E-state index in [1.807, 2.05) is 7.05 Å². The van der Waals surface area contributed by atoms with E-state index in [-0.39, 0.29) is 0 Å². The first kappa shape index (κ1) is 20.2. The van der Waals surface area contributed by atoms with Crippen LogP contribution in [0, 0.1) is 5.41 Å². The normalized spacial score (nSPS) is 12.8. The third-order valence-corrected chi connectivity index (χ3v) is 3.29. The van der Waals surface area contributed by atoms with Crippen LogP contribution in [0.2, 0.25) is 0 Å². The van der Waals surface area contributed by atoms with Crippen LogP contribution in [0.1, 0.15) is 40.0 Å². The maximum Gasteiger partial charge on any atom is 0.191 e. The molecule has 2 N–H and O–H groups in total. The summed E-state index contributed by atoms with van der Waals surface area (Å²) in [6.45, 7) is 11.6. The lowest BCUT2D eigenvalue weighted by Crippen LogP contribution is -2.41. The monoisotopic (exact) mass is 300 g/mol. The number of likely N-dealkylation sites (N-methyl/N-ethyl adjacent to an activating group) is 1. The van der Waals surface area contributed by atoms with E-state index >= 15 is 0 Å². The molecule has 0 rings (SSSR count). The van der Waals surface area contributed by atoms with Crippen molar-refractivity contribution in [3.63, 3.8) is 0 Å². The molecule has 0 aliphatic rings. The van der Waals surface area contributed by atoms with Crippen LogP contribution < -0.4 is 10.6 Å². The standard InChI is InChI=1S/C16H36N4O/c1-16(2,3)9-7-10-18-15(17-4)19-11-13-20(5)12-8-14-21-6/h7-14H2,1-6H3,(H2,17,18,19). The van der Waals surface area contributed by atoms with Crippen LogP contribution in [0.4, 0.5) is 0 Å². The summed E-state index contributed by atoms with van der Waals surface area (Å²) in [6.07, 6.45) is 3.47. The summed E-state index contributed by atoms with van der Waals surface area (Å²) >= 11 is 0. The van der Waals surface area contributed by atoms with Gasteiger partial charge >= 0.3 is 0 Å². The molecule has 0 saturated carbocycles. The third-order valence-electron chi connectivity index (χ3n) is 3.29. The lowest BCUT2D eigenvalue weighted by Gasteiger charge is -2.20. The first-order valence-electron chi connectivity index (χ1n) is 8.01. The number of nitrogens with one attached hydrogen (secondary N) is 2. The fourth-order valence-electron chi connectivity index (χ4n) is 2.00. The van der Waals surface area contributed by atoms with Gasteiger partial charge in [-0.05, 0) is 31.7 Å². The molecule has 0 spiro atoms. The van der Waals surface area contributed by atoms with Crippen molar-refractivity contribution in [3.8, 4) is 0 Å². The highest BCUT2D eigenvalue weighted by Gasteiger charge is 2.09. The molecule has 21 heavy (non-hydrogen) atoms. The van der Waals surface area contributed by atoms with Crippen LogP contribution in [0.3, 0.4) is 0 Å². The Balaban J connectivity index is 3.66. The lowest BCUT2D eigenvalue weighted by molar-refractivity contribution is 0.180. The van der Waals surface area contributed by atoms with Gasteiger partial charge in [0.1, 0.15) is 0 Å². The second-order valence-electron chi connectivity index (χ2n) is 6.74. The Hall–Kier alpha value is -0.810. The molecule has 0 amide bonds. The molecular formula is C16H36N4O. The van der Waals surface area contributed by atoms with E-state index < -0.39 is 0 Å². The minimum absolute atomic E-state index is 0.406. The summed E-state index contributed by atoms with van der Waals surface area (Å²) in [4.78, 5) is 6.55. The zero-order chi connectivity index (χ0) is 16.1. The van der Waals surface area contributed by atoms with Crippen molar-refractivity contribution in [2.75, 3.05) is 54.0 Å². The molecule has 0 atom stereocenters. The number of rotatable bonds is 10. The van der Waals surface area contributed by atoms with Gasteiger partial charge < -0.3 is 20.3 Å². The summed E-state index contributed by atoms with van der Waals surface area (Å²) in [6, 6.07) is 0. The van der Waals surface area contributed by atoms with Gasteiger partial charge in [-0.2, -0.15) is 0 Å². The minimum atomic E-state index is 0.406. The van der Waals surface area contributed by atoms with E-state index in [2.05, 4.69) is 48.3 Å². The number of guanidine groups is 1. The highest BCUT2D eigenvalue weighted by molar-refractivity contribution is 5.79. The largest absolute Gasteiger partial charge is 0.385 e. The molecule has 0 bridgehead atoms. The first-order chi connectivity index (χ1) is 9.89. The quantitative estimate of drug-likeness (QED) is 0.368. The van der Waals surface area contributed by atoms with Crippen LogP contribution in [0.25, 0.3) is 0 Å². The molecule has 0 heterocycles. The fraction of sp³-hybridized carbons (Fsp3) is 0.938. The van der Waals surface area contributed by atoms with E-state index in [4.69, 9.17) is 4.74 Å². The molecule has 0 aromatic rings. The van der Waals surface area contributed by atoms with Crippen LogP contribution >= 0.6 is 0 Å². The molecule has 0 unspecified atom stereocenters. The predicted molar refractivity (Wildman–Crippen MR) is 92.0 cm³/mol. The molecule has 0 aromatic carbocycles. The van der Waals surface area contributed by atoms with Gasteiger partial charge in [0.25, 0.3) is 0 Å². The van der Waals surface area contributed by atoms with Gasteiger partial charge in [0.15, 0.2) is 5.96 Å². The van der Waals surface area contributed by atoms with Crippen LogP contribution in [0.5, 0.6) is 0 Å². The van der Waals surface area contributed by atoms with Crippen molar-refractivity contribution in [1.29, 1.82) is 0 Å². The molecule has 0 radical (unpaired) electrons. The number of methoxy groups -OCH3 is 1. The van der Waals surface area contributed by atoms with Crippen molar-refractivity contribution >= 4 is 5.96 Å². The SMILES string of the molecule is CN=C(NCCCC(C)(C)C)NCCN(C)CCCOC. The van der Waals surface area contributed by atoms with Crippen LogP contribution in [-0.2, 0) is 4.74 Å². The minimum Gasteiger partial charge on any atom is -0.385 e. The topological polar surface area (TPSA) is 48.9 Å². The number of hydrogen-bond acceptors (Lipinski definition) is 3. The van der Waals surface area contributed by atoms with Crippen molar-refractivity contribution in [2.45, 2.75) is 40.0 Å². The van der Waals surface area contributed by atoms with E-state index in [1.165, 1.54) is 12.8 Å².